The van der Waals surface area contributed by atoms with Crippen LogP contribution in [0.2, 0.25) is 10.0 Å². The molecule has 2 rings (SSSR count). The fraction of sp³-hybridized carbons (Fsp3) is 0.611. The Morgan fingerprint density at radius 1 is 1.30 bits per heavy atom. The van der Waals surface area contributed by atoms with Crippen molar-refractivity contribution in [3.05, 3.63) is 27.7 Å². The summed E-state index contributed by atoms with van der Waals surface area (Å²) in [5.74, 6) is 1.22. The molecule has 0 amide bonds. The summed E-state index contributed by atoms with van der Waals surface area (Å²) >= 11 is 12.0. The van der Waals surface area contributed by atoms with Gasteiger partial charge in [-0.05, 0) is 57.5 Å². The van der Waals surface area contributed by atoms with Crippen LogP contribution in [0.25, 0.3) is 0 Å². The molecule has 1 aromatic rings. The minimum atomic E-state index is -2.96. The van der Waals surface area contributed by atoms with E-state index in [-0.39, 0.29) is 17.3 Å². The minimum absolute atomic E-state index is 0.0461. The summed E-state index contributed by atoms with van der Waals surface area (Å²) in [4.78, 5) is 6.51. The second-order valence-electron chi connectivity index (χ2n) is 6.64. The van der Waals surface area contributed by atoms with Crippen molar-refractivity contribution in [2.45, 2.75) is 32.4 Å². The highest BCUT2D eigenvalue weighted by molar-refractivity contribution is 6.35. The van der Waals surface area contributed by atoms with Crippen molar-refractivity contribution >= 4 is 29.2 Å². The molecule has 0 bridgehead atoms. The summed E-state index contributed by atoms with van der Waals surface area (Å²) in [6, 6.07) is 2.92. The van der Waals surface area contributed by atoms with Gasteiger partial charge in [0, 0.05) is 30.7 Å². The number of rotatable bonds is 7. The van der Waals surface area contributed by atoms with Crippen LogP contribution in [-0.4, -0.2) is 51.2 Å². The van der Waals surface area contributed by atoms with Crippen LogP contribution in [0.1, 0.15) is 24.8 Å². The lowest BCUT2D eigenvalue weighted by atomic mass is 9.94. The predicted octanol–water partition coefficient (Wildman–Crippen LogP) is 3.99. The summed E-state index contributed by atoms with van der Waals surface area (Å²) in [6.07, 6.45) is 3.48. The Labute approximate surface area is 169 Å². The van der Waals surface area contributed by atoms with Crippen LogP contribution in [-0.2, 0) is 6.54 Å². The van der Waals surface area contributed by atoms with Crippen LogP contribution < -0.4 is 15.4 Å². The first kappa shape index (κ1) is 22.0. The second-order valence-corrected chi connectivity index (χ2v) is 7.49. The second kappa shape index (κ2) is 10.9. The van der Waals surface area contributed by atoms with E-state index < -0.39 is 6.61 Å². The molecule has 1 aliphatic heterocycles. The number of halogens is 4. The first-order valence-electron chi connectivity index (χ1n) is 8.94. The zero-order valence-corrected chi connectivity index (χ0v) is 17.1. The molecule has 0 atom stereocenters. The van der Waals surface area contributed by atoms with Gasteiger partial charge in [-0.1, -0.05) is 23.2 Å². The molecule has 9 heteroatoms. The number of guanidine groups is 1. The van der Waals surface area contributed by atoms with E-state index in [0.29, 0.717) is 22.5 Å². The van der Waals surface area contributed by atoms with Gasteiger partial charge in [-0.2, -0.15) is 8.78 Å². The van der Waals surface area contributed by atoms with E-state index in [4.69, 9.17) is 23.2 Å². The molecule has 1 fully saturated rings. The van der Waals surface area contributed by atoms with Crippen LogP contribution in [0.15, 0.2) is 17.1 Å². The van der Waals surface area contributed by atoms with Gasteiger partial charge >= 0.3 is 6.61 Å². The summed E-state index contributed by atoms with van der Waals surface area (Å²) in [5, 5.41) is 6.74. The number of alkyl halides is 2. The van der Waals surface area contributed by atoms with Gasteiger partial charge in [0.2, 0.25) is 0 Å². The number of aliphatic imine (C=N–C) groups is 1. The van der Waals surface area contributed by atoms with Crippen molar-refractivity contribution in [2.75, 3.05) is 33.7 Å². The lowest BCUT2D eigenvalue weighted by Gasteiger charge is -2.29. The summed E-state index contributed by atoms with van der Waals surface area (Å²) in [5.41, 5.74) is 0.436. The smallest absolute Gasteiger partial charge is 0.387 e. The molecule has 1 aromatic carbocycles. The number of piperidine rings is 1. The van der Waals surface area contributed by atoms with Crippen LogP contribution in [0.4, 0.5) is 8.78 Å². The lowest BCUT2D eigenvalue weighted by molar-refractivity contribution is -0.0504. The molecule has 1 aliphatic rings. The van der Waals surface area contributed by atoms with Crippen molar-refractivity contribution in [1.29, 1.82) is 0 Å². The molecule has 27 heavy (non-hydrogen) atoms. The van der Waals surface area contributed by atoms with Crippen LogP contribution in [0.3, 0.4) is 0 Å². The largest absolute Gasteiger partial charge is 0.433 e. The number of nitrogens with zero attached hydrogens (tertiary/aromatic N) is 2. The molecule has 0 spiro atoms. The quantitative estimate of drug-likeness (QED) is 0.515. The van der Waals surface area contributed by atoms with E-state index in [1.54, 1.807) is 13.1 Å². The van der Waals surface area contributed by atoms with Crippen molar-refractivity contribution in [1.82, 2.24) is 15.5 Å². The highest BCUT2D eigenvalue weighted by Crippen LogP contribution is 2.33. The molecule has 152 valence electrons. The molecule has 0 unspecified atom stereocenters. The van der Waals surface area contributed by atoms with Crippen LogP contribution in [0, 0.1) is 5.92 Å². The Kier molecular flexibility index (Phi) is 8.86. The Morgan fingerprint density at radius 3 is 2.63 bits per heavy atom. The third-order valence-corrected chi connectivity index (χ3v) is 5.14. The molecule has 1 saturated heterocycles. The van der Waals surface area contributed by atoms with Crippen molar-refractivity contribution < 1.29 is 13.5 Å². The number of benzene rings is 1. The lowest BCUT2D eigenvalue weighted by Crippen LogP contribution is -2.38. The third kappa shape index (κ3) is 7.31. The maximum absolute atomic E-state index is 12.6. The minimum Gasteiger partial charge on any atom is -0.433 e. The van der Waals surface area contributed by atoms with E-state index in [2.05, 4.69) is 32.3 Å². The van der Waals surface area contributed by atoms with Gasteiger partial charge in [0.05, 0.1) is 5.02 Å². The zero-order chi connectivity index (χ0) is 19.8. The monoisotopic (exact) mass is 422 g/mol. The van der Waals surface area contributed by atoms with Crippen molar-refractivity contribution in [3.8, 4) is 5.75 Å². The van der Waals surface area contributed by atoms with Crippen LogP contribution >= 0.6 is 23.2 Å². The molecule has 0 aliphatic carbocycles. The Hall–Kier alpha value is -1.31. The summed E-state index contributed by atoms with van der Waals surface area (Å²) < 4.78 is 29.8. The average molecular weight is 423 g/mol. The molecular weight excluding hydrogens is 397 g/mol. The summed E-state index contributed by atoms with van der Waals surface area (Å²) in [6.45, 7) is 0.315. The molecule has 0 radical (unpaired) electrons. The maximum Gasteiger partial charge on any atom is 0.387 e. The average Bonchev–Trinajstić information content (AvgIpc) is 2.62. The van der Waals surface area contributed by atoms with Gasteiger partial charge < -0.3 is 20.3 Å². The maximum atomic E-state index is 12.6. The van der Waals surface area contributed by atoms with Crippen LogP contribution in [0.5, 0.6) is 5.75 Å². The molecule has 0 aromatic heterocycles. The number of hydrogen-bond acceptors (Lipinski definition) is 3. The van der Waals surface area contributed by atoms with Gasteiger partial charge in [-0.25, -0.2) is 0 Å². The standard InChI is InChI=1S/C18H26Cl2F2N4O/c1-23-18(24-6-3-12-4-7-26(2)8-5-12)25-11-13-9-14(19)10-15(20)16(13)27-17(21)22/h9-10,12,17H,3-8,11H2,1-2H3,(H2,23,24,25). The van der Waals surface area contributed by atoms with Crippen molar-refractivity contribution in [3.63, 3.8) is 0 Å². The highest BCUT2D eigenvalue weighted by atomic mass is 35.5. The summed E-state index contributed by atoms with van der Waals surface area (Å²) in [7, 11) is 3.81. The predicted molar refractivity (Wildman–Crippen MR) is 106 cm³/mol. The van der Waals surface area contributed by atoms with Crippen molar-refractivity contribution in [2.24, 2.45) is 10.9 Å². The van der Waals surface area contributed by atoms with E-state index in [1.807, 2.05) is 0 Å². The van der Waals surface area contributed by atoms with E-state index in [1.165, 1.54) is 18.9 Å². The van der Waals surface area contributed by atoms with E-state index >= 15 is 0 Å². The van der Waals surface area contributed by atoms with Gasteiger partial charge in [-0.3, -0.25) is 4.99 Å². The van der Waals surface area contributed by atoms with E-state index in [9.17, 15) is 8.78 Å². The first-order valence-corrected chi connectivity index (χ1v) is 9.70. The Balaban J connectivity index is 1.86. The number of likely N-dealkylation sites (tertiary alicyclic amines) is 1. The number of ether oxygens (including phenoxy) is 1. The highest BCUT2D eigenvalue weighted by Gasteiger charge is 2.17. The van der Waals surface area contributed by atoms with Gasteiger partial charge in [-0.15, -0.1) is 0 Å². The normalized spacial score (nSPS) is 16.6. The molecular formula is C18H26Cl2F2N4O. The van der Waals surface area contributed by atoms with Gasteiger partial charge in [0.1, 0.15) is 5.75 Å². The van der Waals surface area contributed by atoms with E-state index in [0.717, 1.165) is 26.1 Å². The molecule has 1 heterocycles. The molecule has 2 N–H and O–H groups in total. The zero-order valence-electron chi connectivity index (χ0n) is 15.6. The molecule has 5 nitrogen and oxygen atoms in total. The Bertz CT molecular complexity index is 638. The Morgan fingerprint density at radius 2 is 2.00 bits per heavy atom. The molecule has 0 saturated carbocycles. The number of nitrogens with one attached hydrogen (secondary N) is 2. The fourth-order valence-electron chi connectivity index (χ4n) is 3.11. The SMILES string of the molecule is CN=C(NCCC1CCN(C)CC1)NCc1cc(Cl)cc(Cl)c1OC(F)F. The fourth-order valence-corrected chi connectivity index (χ4v) is 3.69. The topological polar surface area (TPSA) is 48.9 Å². The van der Waals surface area contributed by atoms with Gasteiger partial charge in [0.25, 0.3) is 0 Å². The third-order valence-electron chi connectivity index (χ3n) is 4.65. The number of hydrogen-bond donors (Lipinski definition) is 2. The first-order chi connectivity index (χ1) is 12.9. The van der Waals surface area contributed by atoms with Gasteiger partial charge in [0.15, 0.2) is 5.96 Å².